The summed E-state index contributed by atoms with van der Waals surface area (Å²) < 4.78 is 10.3. The summed E-state index contributed by atoms with van der Waals surface area (Å²) in [6, 6.07) is 6.42. The van der Waals surface area contributed by atoms with Gasteiger partial charge in [0, 0.05) is 19.7 Å². The van der Waals surface area contributed by atoms with Gasteiger partial charge in [-0.25, -0.2) is 0 Å². The molecule has 1 aromatic carbocycles. The van der Waals surface area contributed by atoms with Gasteiger partial charge in [-0.2, -0.15) is 0 Å². The van der Waals surface area contributed by atoms with Crippen molar-refractivity contribution >= 4 is 5.97 Å². The molecule has 0 aromatic heterocycles. The molecule has 0 fully saturated rings. The molecule has 0 aliphatic carbocycles. The number of aliphatic hydroxyl groups is 1. The fourth-order valence-corrected chi connectivity index (χ4v) is 1.99. The molecule has 6 heteroatoms. The van der Waals surface area contributed by atoms with E-state index in [0.29, 0.717) is 25.3 Å². The molecule has 0 heterocycles. The van der Waals surface area contributed by atoms with E-state index >= 15 is 0 Å². The fraction of sp³-hybridized carbons (Fsp3) is 0.533. The first kappa shape index (κ1) is 17.4. The maximum atomic E-state index is 10.9. The largest absolute Gasteiger partial charge is 0.494 e. The highest BCUT2D eigenvalue weighted by atomic mass is 16.5. The standard InChI is InChI=1S/C15H23NO5/c1-3-21-12-6-4-11(5-7-12)15(19)13(10-14(17)18)16-8-9-20-2/h4-7,13,15-16,19H,3,8-10H2,1-2H3,(H,17,18). The molecule has 0 aliphatic heterocycles. The fourth-order valence-electron chi connectivity index (χ4n) is 1.99. The number of carbonyl (C=O) groups is 1. The van der Waals surface area contributed by atoms with E-state index in [1.807, 2.05) is 6.92 Å². The van der Waals surface area contributed by atoms with Gasteiger partial charge in [0.25, 0.3) is 0 Å². The monoisotopic (exact) mass is 297 g/mol. The van der Waals surface area contributed by atoms with Crippen LogP contribution in [0.25, 0.3) is 0 Å². The highest BCUT2D eigenvalue weighted by Crippen LogP contribution is 2.22. The van der Waals surface area contributed by atoms with Crippen LogP contribution in [-0.4, -0.2) is 49.1 Å². The molecule has 3 N–H and O–H groups in total. The van der Waals surface area contributed by atoms with Gasteiger partial charge in [0.05, 0.1) is 25.7 Å². The van der Waals surface area contributed by atoms with Gasteiger partial charge in [0.1, 0.15) is 5.75 Å². The lowest BCUT2D eigenvalue weighted by Crippen LogP contribution is -2.38. The quantitative estimate of drug-likeness (QED) is 0.562. The third-order valence-corrected chi connectivity index (χ3v) is 3.02. The Morgan fingerprint density at radius 3 is 2.52 bits per heavy atom. The van der Waals surface area contributed by atoms with E-state index in [-0.39, 0.29) is 6.42 Å². The summed E-state index contributed by atoms with van der Waals surface area (Å²) >= 11 is 0. The van der Waals surface area contributed by atoms with Crippen molar-refractivity contribution < 1.29 is 24.5 Å². The number of benzene rings is 1. The predicted molar refractivity (Wildman–Crippen MR) is 78.5 cm³/mol. The average molecular weight is 297 g/mol. The summed E-state index contributed by atoms with van der Waals surface area (Å²) in [5, 5.41) is 22.3. The smallest absolute Gasteiger partial charge is 0.305 e. The molecule has 0 amide bonds. The summed E-state index contributed by atoms with van der Waals surface area (Å²) in [6.45, 7) is 3.39. The number of aliphatic carboxylic acids is 1. The lowest BCUT2D eigenvalue weighted by atomic mass is 9.99. The van der Waals surface area contributed by atoms with Crippen molar-refractivity contribution in [2.45, 2.75) is 25.5 Å². The third-order valence-electron chi connectivity index (χ3n) is 3.02. The molecule has 2 unspecified atom stereocenters. The number of hydrogen-bond donors (Lipinski definition) is 3. The molecule has 6 nitrogen and oxygen atoms in total. The van der Waals surface area contributed by atoms with Gasteiger partial charge in [-0.15, -0.1) is 0 Å². The van der Waals surface area contributed by atoms with Crippen molar-refractivity contribution in [1.82, 2.24) is 5.32 Å². The summed E-state index contributed by atoms with van der Waals surface area (Å²) in [6.07, 6.45) is -1.08. The van der Waals surface area contributed by atoms with E-state index in [1.165, 1.54) is 0 Å². The molecular formula is C15H23NO5. The predicted octanol–water partition coefficient (Wildman–Crippen LogP) is 1.20. The van der Waals surface area contributed by atoms with E-state index in [4.69, 9.17) is 14.6 Å². The first-order chi connectivity index (χ1) is 10.1. The van der Waals surface area contributed by atoms with E-state index < -0.39 is 18.1 Å². The van der Waals surface area contributed by atoms with Crippen molar-refractivity contribution in [3.63, 3.8) is 0 Å². The van der Waals surface area contributed by atoms with Crippen LogP contribution in [0.15, 0.2) is 24.3 Å². The van der Waals surface area contributed by atoms with Crippen LogP contribution >= 0.6 is 0 Å². The van der Waals surface area contributed by atoms with Gasteiger partial charge < -0.3 is 25.0 Å². The zero-order chi connectivity index (χ0) is 15.7. The number of carboxylic acids is 1. The highest BCUT2D eigenvalue weighted by molar-refractivity contribution is 5.67. The van der Waals surface area contributed by atoms with Crippen molar-refractivity contribution in [1.29, 1.82) is 0 Å². The third kappa shape index (κ3) is 6.12. The van der Waals surface area contributed by atoms with E-state index in [0.717, 1.165) is 5.75 Å². The molecule has 0 saturated carbocycles. The number of ether oxygens (including phenoxy) is 2. The molecule has 0 aliphatic rings. The Balaban J connectivity index is 2.72. The zero-order valence-electron chi connectivity index (χ0n) is 12.4. The number of nitrogens with one attached hydrogen (secondary N) is 1. The van der Waals surface area contributed by atoms with Gasteiger partial charge in [-0.1, -0.05) is 12.1 Å². The Morgan fingerprint density at radius 1 is 1.33 bits per heavy atom. The molecule has 21 heavy (non-hydrogen) atoms. The van der Waals surface area contributed by atoms with Crippen LogP contribution in [0.5, 0.6) is 5.75 Å². The zero-order valence-corrected chi connectivity index (χ0v) is 12.4. The Hall–Kier alpha value is -1.63. The van der Waals surface area contributed by atoms with Crippen molar-refractivity contribution in [3.8, 4) is 5.75 Å². The van der Waals surface area contributed by atoms with E-state index in [2.05, 4.69) is 5.32 Å². The first-order valence-electron chi connectivity index (χ1n) is 6.93. The summed E-state index contributed by atoms with van der Waals surface area (Å²) in [5.41, 5.74) is 0.648. The maximum absolute atomic E-state index is 10.9. The van der Waals surface area contributed by atoms with Crippen LogP contribution in [0.2, 0.25) is 0 Å². The van der Waals surface area contributed by atoms with Crippen LogP contribution in [0.3, 0.4) is 0 Å². The normalized spacial score (nSPS) is 13.7. The maximum Gasteiger partial charge on any atom is 0.305 e. The second-order valence-corrected chi connectivity index (χ2v) is 4.60. The van der Waals surface area contributed by atoms with Gasteiger partial charge >= 0.3 is 5.97 Å². The molecule has 0 saturated heterocycles. The molecule has 2 atom stereocenters. The molecule has 118 valence electrons. The van der Waals surface area contributed by atoms with Crippen LogP contribution in [-0.2, 0) is 9.53 Å². The van der Waals surface area contributed by atoms with Crippen molar-refractivity contribution in [2.24, 2.45) is 0 Å². The second-order valence-electron chi connectivity index (χ2n) is 4.60. The molecule has 0 radical (unpaired) electrons. The van der Waals surface area contributed by atoms with Crippen LogP contribution in [0, 0.1) is 0 Å². The van der Waals surface area contributed by atoms with Gasteiger partial charge in [0.2, 0.25) is 0 Å². The number of hydrogen-bond acceptors (Lipinski definition) is 5. The van der Waals surface area contributed by atoms with E-state index in [1.54, 1.807) is 31.4 Å². The van der Waals surface area contributed by atoms with Crippen LogP contribution < -0.4 is 10.1 Å². The lowest BCUT2D eigenvalue weighted by Gasteiger charge is -2.23. The van der Waals surface area contributed by atoms with Crippen molar-refractivity contribution in [2.75, 3.05) is 26.9 Å². The Labute approximate surface area is 124 Å². The minimum atomic E-state index is -0.963. The van der Waals surface area contributed by atoms with Crippen LogP contribution in [0.1, 0.15) is 25.0 Å². The van der Waals surface area contributed by atoms with Gasteiger partial charge in [0.15, 0.2) is 0 Å². The van der Waals surface area contributed by atoms with Crippen molar-refractivity contribution in [3.05, 3.63) is 29.8 Å². The Morgan fingerprint density at radius 2 is 2.00 bits per heavy atom. The van der Waals surface area contributed by atoms with E-state index in [9.17, 15) is 9.90 Å². The number of methoxy groups -OCH3 is 1. The molecular weight excluding hydrogens is 274 g/mol. The summed E-state index contributed by atoms with van der Waals surface area (Å²) in [5.74, 6) is -0.245. The van der Waals surface area contributed by atoms with Crippen LogP contribution in [0.4, 0.5) is 0 Å². The Bertz CT molecular complexity index is 421. The minimum absolute atomic E-state index is 0.169. The van der Waals surface area contributed by atoms with Gasteiger partial charge in [-0.05, 0) is 24.6 Å². The number of aliphatic hydroxyl groups excluding tert-OH is 1. The molecule has 0 bridgehead atoms. The highest BCUT2D eigenvalue weighted by Gasteiger charge is 2.23. The topological polar surface area (TPSA) is 88.0 Å². The Kier molecular flexibility index (Phi) is 7.74. The summed E-state index contributed by atoms with van der Waals surface area (Å²) in [4.78, 5) is 10.9. The second kappa shape index (κ2) is 9.33. The SMILES string of the molecule is CCOc1ccc(C(O)C(CC(=O)O)NCCOC)cc1. The minimum Gasteiger partial charge on any atom is -0.494 e. The average Bonchev–Trinajstić information content (AvgIpc) is 2.46. The first-order valence-corrected chi connectivity index (χ1v) is 6.93. The number of carboxylic acid groups (broad SMARTS) is 1. The summed E-state index contributed by atoms with van der Waals surface area (Å²) in [7, 11) is 1.57. The molecule has 0 spiro atoms. The molecule has 1 aromatic rings. The number of rotatable bonds is 10. The van der Waals surface area contributed by atoms with Gasteiger partial charge in [-0.3, -0.25) is 4.79 Å². The lowest BCUT2D eigenvalue weighted by molar-refractivity contribution is -0.138. The molecule has 1 rings (SSSR count).